The maximum atomic E-state index is 12.0. The van der Waals surface area contributed by atoms with Crippen LogP contribution < -0.4 is 10.4 Å². The molecule has 25 heavy (non-hydrogen) atoms. The molecular weight excluding hydrogens is 336 g/mol. The molecule has 2 aromatic carbocycles. The smallest absolute Gasteiger partial charge is 0.453 e. The zero-order chi connectivity index (χ0) is 18.3. The van der Waals surface area contributed by atoms with Crippen molar-refractivity contribution in [1.29, 1.82) is 0 Å². The number of rotatable bonds is 3. The molecule has 7 heteroatoms. The fraction of sp³-hybridized carbons (Fsp3) is 0.222. The van der Waals surface area contributed by atoms with Crippen LogP contribution in [-0.4, -0.2) is 26.8 Å². The van der Waals surface area contributed by atoms with Crippen molar-refractivity contribution in [3.8, 4) is 0 Å². The van der Waals surface area contributed by atoms with Gasteiger partial charge in [-0.05, 0) is 31.1 Å². The standard InChI is InChI=1S/C18H20N2O4Si/c1-18(2,3)23-16(21)19-20-17(22)24-25(14-10-6-4-7-11-14)15-12-8-5-9-13-15/h4-13,25H,1-3H3. The average Bonchev–Trinajstić information content (AvgIpc) is 2.58. The number of carbonyl (C=O) groups is 2. The second-order valence-corrected chi connectivity index (χ2v) is 8.59. The molecule has 2 amide bonds. The fourth-order valence-electron chi connectivity index (χ4n) is 2.07. The van der Waals surface area contributed by atoms with Gasteiger partial charge in [-0.2, -0.15) is 0 Å². The van der Waals surface area contributed by atoms with Gasteiger partial charge in [0, 0.05) is 0 Å². The monoisotopic (exact) mass is 356 g/mol. The third-order valence-corrected chi connectivity index (χ3v) is 5.45. The molecule has 0 saturated heterocycles. The zero-order valence-corrected chi connectivity index (χ0v) is 15.5. The largest absolute Gasteiger partial charge is 0.495 e. The predicted octanol–water partition coefficient (Wildman–Crippen LogP) is 3.05. The van der Waals surface area contributed by atoms with Crippen LogP contribution in [0.15, 0.2) is 70.9 Å². The molecule has 0 N–H and O–H groups in total. The van der Waals surface area contributed by atoms with Gasteiger partial charge in [-0.3, -0.25) is 0 Å². The summed E-state index contributed by atoms with van der Waals surface area (Å²) in [6, 6.07) is 18.9. The van der Waals surface area contributed by atoms with Crippen LogP contribution in [0.2, 0.25) is 0 Å². The van der Waals surface area contributed by atoms with Crippen LogP contribution in [0.3, 0.4) is 0 Å². The summed E-state index contributed by atoms with van der Waals surface area (Å²) in [6.45, 7) is 5.10. The van der Waals surface area contributed by atoms with Crippen LogP contribution in [0.5, 0.6) is 0 Å². The first-order valence-corrected chi connectivity index (χ1v) is 9.43. The minimum absolute atomic E-state index is 0.703. The summed E-state index contributed by atoms with van der Waals surface area (Å²) < 4.78 is 10.5. The Kier molecular flexibility index (Phi) is 6.18. The van der Waals surface area contributed by atoms with Crippen molar-refractivity contribution in [2.24, 2.45) is 10.2 Å². The van der Waals surface area contributed by atoms with Gasteiger partial charge in [0.2, 0.25) is 0 Å². The second kappa shape index (κ2) is 8.34. The molecule has 0 atom stereocenters. The van der Waals surface area contributed by atoms with Crippen LogP contribution in [0.4, 0.5) is 9.59 Å². The Hall–Kier alpha value is -2.80. The Balaban J connectivity index is 2.12. The molecule has 0 aliphatic heterocycles. The molecule has 2 rings (SSSR count). The highest BCUT2D eigenvalue weighted by atomic mass is 28.3. The van der Waals surface area contributed by atoms with E-state index in [9.17, 15) is 9.59 Å². The molecule has 0 aliphatic carbocycles. The Morgan fingerprint density at radius 1 is 0.800 bits per heavy atom. The van der Waals surface area contributed by atoms with E-state index in [0.717, 1.165) is 10.4 Å². The minimum atomic E-state index is -2.27. The molecule has 0 bridgehead atoms. The lowest BCUT2D eigenvalue weighted by Gasteiger charge is -2.17. The van der Waals surface area contributed by atoms with Gasteiger partial charge >= 0.3 is 21.2 Å². The molecule has 0 fully saturated rings. The highest BCUT2D eigenvalue weighted by Crippen LogP contribution is 2.08. The zero-order valence-electron chi connectivity index (χ0n) is 14.4. The summed E-state index contributed by atoms with van der Waals surface area (Å²) in [5.41, 5.74) is -0.703. The number of nitrogens with zero attached hydrogens (tertiary/aromatic N) is 2. The van der Waals surface area contributed by atoms with Crippen molar-refractivity contribution in [1.82, 2.24) is 0 Å². The van der Waals surface area contributed by atoms with Crippen LogP contribution in [0, 0.1) is 0 Å². The van der Waals surface area contributed by atoms with E-state index in [1.54, 1.807) is 20.8 Å². The van der Waals surface area contributed by atoms with Crippen molar-refractivity contribution in [3.63, 3.8) is 0 Å². The Morgan fingerprint density at radius 3 is 1.68 bits per heavy atom. The van der Waals surface area contributed by atoms with E-state index < -0.39 is 26.8 Å². The van der Waals surface area contributed by atoms with Gasteiger partial charge in [0.15, 0.2) is 0 Å². The van der Waals surface area contributed by atoms with E-state index in [2.05, 4.69) is 10.2 Å². The van der Waals surface area contributed by atoms with Crippen molar-refractivity contribution >= 4 is 31.6 Å². The summed E-state index contributed by atoms with van der Waals surface area (Å²) in [6.07, 6.45) is -1.84. The van der Waals surface area contributed by atoms with Gasteiger partial charge in [0.25, 0.3) is 0 Å². The van der Waals surface area contributed by atoms with Crippen molar-refractivity contribution in [3.05, 3.63) is 60.7 Å². The molecule has 130 valence electrons. The molecule has 0 unspecified atom stereocenters. The number of azo groups is 1. The van der Waals surface area contributed by atoms with Crippen LogP contribution in [0.1, 0.15) is 20.8 Å². The van der Waals surface area contributed by atoms with E-state index in [4.69, 9.17) is 9.16 Å². The summed E-state index contributed by atoms with van der Waals surface area (Å²) in [4.78, 5) is 23.5. The summed E-state index contributed by atoms with van der Waals surface area (Å²) in [5, 5.41) is 8.44. The minimum Gasteiger partial charge on any atom is -0.495 e. The number of carbonyl (C=O) groups excluding carboxylic acids is 2. The Bertz CT molecular complexity index is 703. The van der Waals surface area contributed by atoms with Gasteiger partial charge < -0.3 is 9.16 Å². The van der Waals surface area contributed by atoms with E-state index in [1.165, 1.54) is 0 Å². The lowest BCUT2D eigenvalue weighted by atomic mass is 10.2. The van der Waals surface area contributed by atoms with Gasteiger partial charge in [0.1, 0.15) is 5.60 Å². The van der Waals surface area contributed by atoms with Gasteiger partial charge in [-0.1, -0.05) is 70.9 Å². The topological polar surface area (TPSA) is 77.3 Å². The van der Waals surface area contributed by atoms with E-state index in [0.29, 0.717) is 0 Å². The molecule has 6 nitrogen and oxygen atoms in total. The van der Waals surface area contributed by atoms with Gasteiger partial charge in [0.05, 0.1) is 0 Å². The van der Waals surface area contributed by atoms with Crippen LogP contribution in [-0.2, 0) is 9.16 Å². The van der Waals surface area contributed by atoms with E-state index in [-0.39, 0.29) is 0 Å². The molecule has 0 radical (unpaired) electrons. The molecule has 0 aliphatic rings. The number of hydrogen-bond donors (Lipinski definition) is 0. The Morgan fingerprint density at radius 2 is 1.24 bits per heavy atom. The summed E-state index contributed by atoms with van der Waals surface area (Å²) in [7, 11) is -2.27. The van der Waals surface area contributed by atoms with Gasteiger partial charge in [-0.15, -0.1) is 0 Å². The SMILES string of the molecule is CC(C)(C)OC(=O)N=NC(=O)O[SiH](c1ccccc1)c1ccccc1. The quantitative estimate of drug-likeness (QED) is 0.625. The lowest BCUT2D eigenvalue weighted by molar-refractivity contribution is 0.0589. The number of amides is 2. The third kappa shape index (κ3) is 6.31. The second-order valence-electron chi connectivity index (χ2n) is 6.27. The predicted molar refractivity (Wildman–Crippen MR) is 96.9 cm³/mol. The van der Waals surface area contributed by atoms with Crippen LogP contribution in [0.25, 0.3) is 0 Å². The van der Waals surface area contributed by atoms with Gasteiger partial charge in [-0.25, -0.2) is 9.59 Å². The fourth-order valence-corrected chi connectivity index (χ4v) is 4.12. The number of benzene rings is 2. The average molecular weight is 356 g/mol. The van der Waals surface area contributed by atoms with Crippen molar-refractivity contribution < 1.29 is 18.8 Å². The molecular formula is C18H20N2O4Si. The first kappa shape index (κ1) is 18.5. The van der Waals surface area contributed by atoms with Crippen molar-refractivity contribution in [2.45, 2.75) is 26.4 Å². The molecule has 0 saturated carbocycles. The highest BCUT2D eigenvalue weighted by molar-refractivity contribution is 6.81. The van der Waals surface area contributed by atoms with E-state index >= 15 is 0 Å². The molecule has 0 aromatic heterocycles. The molecule has 0 heterocycles. The Labute approximate surface area is 148 Å². The molecule has 2 aromatic rings. The first-order valence-electron chi connectivity index (χ1n) is 7.80. The number of ether oxygens (including phenoxy) is 1. The maximum absolute atomic E-state index is 12.0. The number of hydrogen-bond acceptors (Lipinski definition) is 4. The van der Waals surface area contributed by atoms with Crippen LogP contribution >= 0.6 is 0 Å². The summed E-state index contributed by atoms with van der Waals surface area (Å²) >= 11 is 0. The van der Waals surface area contributed by atoms with E-state index in [1.807, 2.05) is 60.7 Å². The first-order chi connectivity index (χ1) is 11.8. The normalized spacial score (nSPS) is 11.5. The van der Waals surface area contributed by atoms with Crippen molar-refractivity contribution in [2.75, 3.05) is 0 Å². The third-order valence-electron chi connectivity index (χ3n) is 3.03. The maximum Gasteiger partial charge on any atom is 0.453 e. The summed E-state index contributed by atoms with van der Waals surface area (Å²) in [5.74, 6) is 0. The molecule has 0 spiro atoms. The highest BCUT2D eigenvalue weighted by Gasteiger charge is 2.22. The lowest BCUT2D eigenvalue weighted by Crippen LogP contribution is -2.45.